The van der Waals surface area contributed by atoms with Gasteiger partial charge in [0.15, 0.2) is 0 Å². The summed E-state index contributed by atoms with van der Waals surface area (Å²) < 4.78 is 79.0. The number of phenols is 2. The van der Waals surface area contributed by atoms with Crippen molar-refractivity contribution in [3.63, 3.8) is 0 Å². The third-order valence-corrected chi connectivity index (χ3v) is 4.11. The predicted octanol–water partition coefficient (Wildman–Crippen LogP) is 6.47. The second-order valence-corrected chi connectivity index (χ2v) is 6.01. The Labute approximate surface area is 155 Å². The first-order valence-corrected chi connectivity index (χ1v) is 7.88. The fourth-order valence-corrected chi connectivity index (χ4v) is 2.86. The molecule has 0 saturated heterocycles. The van der Waals surface area contributed by atoms with E-state index >= 15 is 0 Å². The molecular weight excluding hydrogens is 386 g/mol. The number of para-hydroxylation sites is 1. The van der Waals surface area contributed by atoms with Gasteiger partial charge in [0.1, 0.15) is 11.5 Å². The van der Waals surface area contributed by atoms with Crippen LogP contribution in [0.2, 0.25) is 0 Å². The number of hydrogen-bond donors (Lipinski definition) is 2. The third kappa shape index (κ3) is 3.76. The van der Waals surface area contributed by atoms with Crippen LogP contribution in [0.5, 0.6) is 11.5 Å². The summed E-state index contributed by atoms with van der Waals surface area (Å²) in [6.45, 7) is 0. The van der Waals surface area contributed by atoms with Crippen LogP contribution in [0.1, 0.15) is 11.1 Å². The Morgan fingerprint density at radius 2 is 1.07 bits per heavy atom. The molecule has 0 unspecified atom stereocenters. The summed E-state index contributed by atoms with van der Waals surface area (Å²) in [6, 6.07) is 10.7. The zero-order valence-corrected chi connectivity index (χ0v) is 13.9. The van der Waals surface area contributed by atoms with E-state index in [-0.39, 0.29) is 28.5 Å². The fraction of sp³-hybridized carbons (Fsp3) is 0.100. The average Bonchev–Trinajstić information content (AvgIpc) is 2.60. The lowest BCUT2D eigenvalue weighted by molar-refractivity contribution is -0.143. The SMILES string of the molecule is Oc1ccccc1-c1c(O)cccc1-c1cc(C(F)(F)F)cc(C(F)(F)F)c1. The number of alkyl halides is 6. The van der Waals surface area contributed by atoms with E-state index in [4.69, 9.17) is 0 Å². The molecule has 0 atom stereocenters. The number of benzene rings is 3. The Kier molecular flexibility index (Phi) is 4.74. The molecule has 146 valence electrons. The van der Waals surface area contributed by atoms with E-state index in [1.165, 1.54) is 42.5 Å². The summed E-state index contributed by atoms with van der Waals surface area (Å²) in [5.74, 6) is -0.682. The molecule has 0 fully saturated rings. The highest BCUT2D eigenvalue weighted by Gasteiger charge is 2.37. The lowest BCUT2D eigenvalue weighted by Gasteiger charge is -2.17. The van der Waals surface area contributed by atoms with Gasteiger partial charge in [-0.2, -0.15) is 26.3 Å². The molecule has 0 aromatic heterocycles. The lowest BCUT2D eigenvalue weighted by Crippen LogP contribution is -2.11. The van der Waals surface area contributed by atoms with Crippen molar-refractivity contribution in [1.29, 1.82) is 0 Å². The van der Waals surface area contributed by atoms with Crippen LogP contribution >= 0.6 is 0 Å². The van der Waals surface area contributed by atoms with Crippen molar-refractivity contribution in [2.24, 2.45) is 0 Å². The Hall–Kier alpha value is -3.16. The van der Waals surface area contributed by atoms with Gasteiger partial charge < -0.3 is 10.2 Å². The van der Waals surface area contributed by atoms with Gasteiger partial charge >= 0.3 is 12.4 Å². The predicted molar refractivity (Wildman–Crippen MR) is 90.6 cm³/mol. The Balaban J connectivity index is 2.34. The van der Waals surface area contributed by atoms with Gasteiger partial charge in [-0.1, -0.05) is 30.3 Å². The van der Waals surface area contributed by atoms with E-state index in [9.17, 15) is 36.6 Å². The second kappa shape index (κ2) is 6.78. The monoisotopic (exact) mass is 398 g/mol. The summed E-state index contributed by atoms with van der Waals surface area (Å²) in [6.07, 6.45) is -10.00. The third-order valence-electron chi connectivity index (χ3n) is 4.11. The maximum atomic E-state index is 13.2. The van der Waals surface area contributed by atoms with Crippen LogP contribution < -0.4 is 0 Å². The van der Waals surface area contributed by atoms with Gasteiger partial charge in [-0.25, -0.2) is 0 Å². The molecule has 0 aliphatic rings. The first-order valence-electron chi connectivity index (χ1n) is 7.88. The number of rotatable bonds is 2. The van der Waals surface area contributed by atoms with E-state index in [2.05, 4.69) is 0 Å². The number of halogens is 6. The van der Waals surface area contributed by atoms with Crippen molar-refractivity contribution in [3.8, 4) is 33.8 Å². The molecular formula is C20H12F6O2. The van der Waals surface area contributed by atoms with Gasteiger partial charge in [0.2, 0.25) is 0 Å². The molecule has 28 heavy (non-hydrogen) atoms. The highest BCUT2D eigenvalue weighted by atomic mass is 19.4. The molecule has 3 aromatic rings. The topological polar surface area (TPSA) is 40.5 Å². The molecule has 2 nitrogen and oxygen atoms in total. The number of aromatic hydroxyl groups is 2. The molecule has 0 saturated carbocycles. The van der Waals surface area contributed by atoms with Gasteiger partial charge in [-0.3, -0.25) is 0 Å². The van der Waals surface area contributed by atoms with Crippen molar-refractivity contribution >= 4 is 0 Å². The molecule has 0 heterocycles. The van der Waals surface area contributed by atoms with Gasteiger partial charge in [0, 0.05) is 11.1 Å². The van der Waals surface area contributed by atoms with Crippen molar-refractivity contribution in [2.45, 2.75) is 12.4 Å². The molecule has 0 amide bonds. The molecule has 0 aliphatic heterocycles. The largest absolute Gasteiger partial charge is 0.507 e. The van der Waals surface area contributed by atoms with Crippen molar-refractivity contribution in [3.05, 3.63) is 71.8 Å². The molecule has 0 bridgehead atoms. The first-order chi connectivity index (χ1) is 13.0. The van der Waals surface area contributed by atoms with Crippen LogP contribution in [0.3, 0.4) is 0 Å². The van der Waals surface area contributed by atoms with E-state index in [0.717, 1.165) is 0 Å². The summed E-state index contributed by atoms with van der Waals surface area (Å²) in [4.78, 5) is 0. The van der Waals surface area contributed by atoms with Crippen LogP contribution in [-0.4, -0.2) is 10.2 Å². The standard InChI is InChI=1S/C20H12F6O2/c21-19(22,23)12-8-11(9-13(10-12)20(24,25)26)14-5-3-7-17(28)18(14)15-4-1-2-6-16(15)27/h1-10,27-28H. The van der Waals surface area contributed by atoms with Crippen LogP contribution in [-0.2, 0) is 12.4 Å². The second-order valence-electron chi connectivity index (χ2n) is 6.01. The van der Waals surface area contributed by atoms with E-state index in [1.807, 2.05) is 0 Å². The van der Waals surface area contributed by atoms with Crippen LogP contribution in [0.15, 0.2) is 60.7 Å². The van der Waals surface area contributed by atoms with Crippen molar-refractivity contribution in [1.82, 2.24) is 0 Å². The molecule has 3 aromatic carbocycles. The minimum absolute atomic E-state index is 0.0337. The highest BCUT2D eigenvalue weighted by Crippen LogP contribution is 2.45. The van der Waals surface area contributed by atoms with Crippen LogP contribution in [0.25, 0.3) is 22.3 Å². The molecule has 0 aliphatic carbocycles. The van der Waals surface area contributed by atoms with Crippen LogP contribution in [0, 0.1) is 0 Å². The van der Waals surface area contributed by atoms with Gasteiger partial charge in [0.25, 0.3) is 0 Å². The van der Waals surface area contributed by atoms with Crippen molar-refractivity contribution in [2.75, 3.05) is 0 Å². The molecule has 0 radical (unpaired) electrons. The number of phenolic OH excluding ortho intramolecular Hbond substituents is 2. The maximum Gasteiger partial charge on any atom is 0.416 e. The Morgan fingerprint density at radius 3 is 1.61 bits per heavy atom. The van der Waals surface area contributed by atoms with E-state index in [1.54, 1.807) is 0 Å². The van der Waals surface area contributed by atoms with Crippen LogP contribution in [0.4, 0.5) is 26.3 Å². The average molecular weight is 398 g/mol. The van der Waals surface area contributed by atoms with E-state index in [0.29, 0.717) is 12.1 Å². The molecule has 8 heteroatoms. The van der Waals surface area contributed by atoms with Gasteiger partial charge in [-0.05, 0) is 41.5 Å². The zero-order valence-electron chi connectivity index (χ0n) is 13.9. The minimum atomic E-state index is -5.00. The zero-order chi connectivity index (χ0) is 20.7. The van der Waals surface area contributed by atoms with Gasteiger partial charge in [-0.15, -0.1) is 0 Å². The highest BCUT2D eigenvalue weighted by molar-refractivity contribution is 5.90. The molecule has 3 rings (SSSR count). The Morgan fingerprint density at radius 1 is 0.571 bits per heavy atom. The summed E-state index contributed by atoms with van der Waals surface area (Å²) >= 11 is 0. The van der Waals surface area contributed by atoms with E-state index < -0.39 is 34.8 Å². The summed E-state index contributed by atoms with van der Waals surface area (Å²) in [5.41, 5.74) is -3.42. The first kappa shape index (κ1) is 19.6. The summed E-state index contributed by atoms with van der Waals surface area (Å²) in [5, 5.41) is 20.3. The fourth-order valence-electron chi connectivity index (χ4n) is 2.86. The molecule has 2 N–H and O–H groups in total. The minimum Gasteiger partial charge on any atom is -0.507 e. The lowest BCUT2D eigenvalue weighted by atomic mass is 9.91. The summed E-state index contributed by atoms with van der Waals surface area (Å²) in [7, 11) is 0. The van der Waals surface area contributed by atoms with Crippen molar-refractivity contribution < 1.29 is 36.6 Å². The smallest absolute Gasteiger partial charge is 0.416 e. The van der Waals surface area contributed by atoms with Gasteiger partial charge in [0.05, 0.1) is 11.1 Å². The Bertz CT molecular complexity index is 990. The quantitative estimate of drug-likeness (QED) is 0.486. The maximum absolute atomic E-state index is 13.2. The number of hydrogen-bond acceptors (Lipinski definition) is 2. The normalized spacial score (nSPS) is 12.2. The molecule has 0 spiro atoms.